The van der Waals surface area contributed by atoms with Crippen LogP contribution < -0.4 is 5.32 Å². The van der Waals surface area contributed by atoms with Crippen LogP contribution in [0.4, 0.5) is 0 Å². The maximum absolute atomic E-state index is 11.7. The molecule has 0 bridgehead atoms. The van der Waals surface area contributed by atoms with Gasteiger partial charge in [0.2, 0.25) is 5.91 Å². The van der Waals surface area contributed by atoms with Gasteiger partial charge in [0.15, 0.2) is 0 Å². The molecule has 1 unspecified atom stereocenters. The van der Waals surface area contributed by atoms with Crippen LogP contribution in [0.2, 0.25) is 0 Å². The van der Waals surface area contributed by atoms with Crippen LogP contribution in [-0.2, 0) is 15.3 Å². The molecule has 1 atom stereocenters. The number of thioether (sulfide) groups is 1. The summed E-state index contributed by atoms with van der Waals surface area (Å²) in [6, 6.07) is 6.75. The fourth-order valence-corrected chi connectivity index (χ4v) is 3.10. The van der Waals surface area contributed by atoms with Crippen molar-refractivity contribution in [3.8, 4) is 0 Å². The molecule has 0 radical (unpaired) electrons. The maximum atomic E-state index is 11.7. The lowest BCUT2D eigenvalue weighted by Gasteiger charge is -2.10. The quantitative estimate of drug-likeness (QED) is 0.899. The van der Waals surface area contributed by atoms with E-state index < -0.39 is 0 Å². The average Bonchev–Trinajstić information content (AvgIpc) is 2.80. The molecular weight excluding hydrogens is 258 g/mol. The van der Waals surface area contributed by atoms with Crippen LogP contribution in [0.3, 0.4) is 0 Å². The number of ether oxygens (including phenoxy) is 1. The summed E-state index contributed by atoms with van der Waals surface area (Å²) in [7, 11) is 0. The first-order chi connectivity index (χ1) is 9.13. The van der Waals surface area contributed by atoms with E-state index in [9.17, 15) is 4.79 Å². The van der Waals surface area contributed by atoms with Crippen molar-refractivity contribution in [2.75, 3.05) is 19.0 Å². The van der Waals surface area contributed by atoms with Crippen LogP contribution in [0.25, 0.3) is 0 Å². The van der Waals surface area contributed by atoms with Gasteiger partial charge in [0, 0.05) is 12.4 Å². The first-order valence-electron chi connectivity index (χ1n) is 6.65. The van der Waals surface area contributed by atoms with Gasteiger partial charge in [-0.15, -0.1) is 11.8 Å². The fraction of sp³-hybridized carbons (Fsp3) is 0.533. The van der Waals surface area contributed by atoms with Gasteiger partial charge in [0.05, 0.1) is 18.4 Å². The number of nitrogens with one attached hydrogen (secondary N) is 1. The zero-order chi connectivity index (χ0) is 13.7. The van der Waals surface area contributed by atoms with Crippen molar-refractivity contribution in [3.05, 3.63) is 34.9 Å². The molecule has 1 N–H and O–H groups in total. The molecule has 1 saturated heterocycles. The Kier molecular flexibility index (Phi) is 5.28. The number of benzene rings is 1. The summed E-state index contributed by atoms with van der Waals surface area (Å²) in [4.78, 5) is 11.7. The molecular formula is C15H21NO2S. The summed E-state index contributed by atoms with van der Waals surface area (Å²) >= 11 is 1.66. The van der Waals surface area contributed by atoms with Crippen molar-refractivity contribution >= 4 is 17.7 Å². The number of hydrogen-bond acceptors (Lipinski definition) is 3. The molecule has 1 fully saturated rings. The third-order valence-corrected chi connectivity index (χ3v) is 4.08. The van der Waals surface area contributed by atoms with Gasteiger partial charge in [0.1, 0.15) is 0 Å². The number of carbonyl (C=O) groups excluding carboxylic acids is 1. The van der Waals surface area contributed by atoms with Crippen LogP contribution in [0.15, 0.2) is 18.2 Å². The van der Waals surface area contributed by atoms with Crippen molar-refractivity contribution in [2.45, 2.75) is 32.1 Å². The molecule has 19 heavy (non-hydrogen) atoms. The van der Waals surface area contributed by atoms with Gasteiger partial charge >= 0.3 is 0 Å². The highest BCUT2D eigenvalue weighted by molar-refractivity contribution is 7.99. The van der Waals surface area contributed by atoms with Gasteiger partial charge in [0.25, 0.3) is 0 Å². The van der Waals surface area contributed by atoms with Crippen molar-refractivity contribution < 1.29 is 9.53 Å². The topological polar surface area (TPSA) is 38.3 Å². The van der Waals surface area contributed by atoms with Crippen LogP contribution in [-0.4, -0.2) is 30.9 Å². The standard InChI is InChI=1S/C15H21NO2S/c1-11-5-12(2)7-13(6-11)9-19-10-15(17)16-14-3-4-18-8-14/h5-7,14H,3-4,8-10H2,1-2H3,(H,16,17). The molecule has 1 aliphatic heterocycles. The molecule has 0 spiro atoms. The third kappa shape index (κ3) is 4.88. The predicted molar refractivity (Wildman–Crippen MR) is 79.4 cm³/mol. The summed E-state index contributed by atoms with van der Waals surface area (Å²) in [5.74, 6) is 1.52. The van der Waals surface area contributed by atoms with Crippen molar-refractivity contribution in [1.29, 1.82) is 0 Å². The lowest BCUT2D eigenvalue weighted by Crippen LogP contribution is -2.36. The molecule has 0 aromatic heterocycles. The van der Waals surface area contributed by atoms with Crippen LogP contribution in [0, 0.1) is 13.8 Å². The molecule has 1 amide bonds. The smallest absolute Gasteiger partial charge is 0.230 e. The van der Waals surface area contributed by atoms with Gasteiger partial charge in [-0.05, 0) is 25.8 Å². The Morgan fingerprint density at radius 1 is 1.37 bits per heavy atom. The molecule has 1 aromatic rings. The van der Waals surface area contributed by atoms with E-state index in [4.69, 9.17) is 4.74 Å². The van der Waals surface area contributed by atoms with E-state index in [1.54, 1.807) is 11.8 Å². The van der Waals surface area contributed by atoms with E-state index in [1.165, 1.54) is 16.7 Å². The van der Waals surface area contributed by atoms with Gasteiger partial charge in [-0.2, -0.15) is 0 Å². The molecule has 2 rings (SSSR count). The highest BCUT2D eigenvalue weighted by Gasteiger charge is 2.17. The fourth-order valence-electron chi connectivity index (χ4n) is 2.33. The monoisotopic (exact) mass is 279 g/mol. The van der Waals surface area contributed by atoms with E-state index in [2.05, 4.69) is 37.4 Å². The Morgan fingerprint density at radius 3 is 2.74 bits per heavy atom. The summed E-state index contributed by atoms with van der Waals surface area (Å²) in [5, 5.41) is 3.00. The van der Waals surface area contributed by atoms with Crippen molar-refractivity contribution in [2.24, 2.45) is 0 Å². The van der Waals surface area contributed by atoms with E-state index in [0.717, 1.165) is 18.8 Å². The average molecular weight is 279 g/mol. The molecule has 1 heterocycles. The predicted octanol–water partition coefficient (Wildman–Crippen LogP) is 2.44. The lowest BCUT2D eigenvalue weighted by atomic mass is 10.1. The van der Waals surface area contributed by atoms with Gasteiger partial charge in [-0.3, -0.25) is 4.79 Å². The molecule has 3 nitrogen and oxygen atoms in total. The summed E-state index contributed by atoms with van der Waals surface area (Å²) in [6.07, 6.45) is 0.938. The first-order valence-corrected chi connectivity index (χ1v) is 7.81. The first kappa shape index (κ1) is 14.4. The number of rotatable bonds is 5. The zero-order valence-electron chi connectivity index (χ0n) is 11.6. The molecule has 0 aliphatic carbocycles. The second-order valence-corrected chi connectivity index (χ2v) is 6.10. The Labute approximate surface area is 119 Å². The molecule has 0 saturated carbocycles. The van der Waals surface area contributed by atoms with Gasteiger partial charge in [-0.25, -0.2) is 0 Å². The van der Waals surface area contributed by atoms with Crippen LogP contribution in [0.5, 0.6) is 0 Å². The van der Waals surface area contributed by atoms with Crippen molar-refractivity contribution in [3.63, 3.8) is 0 Å². The normalized spacial score (nSPS) is 18.5. The molecule has 4 heteroatoms. The summed E-state index contributed by atoms with van der Waals surface area (Å²) < 4.78 is 5.24. The highest BCUT2D eigenvalue weighted by atomic mass is 32.2. The summed E-state index contributed by atoms with van der Waals surface area (Å²) in [5.41, 5.74) is 3.85. The largest absolute Gasteiger partial charge is 0.379 e. The van der Waals surface area contributed by atoms with E-state index >= 15 is 0 Å². The number of hydrogen-bond donors (Lipinski definition) is 1. The Balaban J connectivity index is 1.71. The maximum Gasteiger partial charge on any atom is 0.230 e. The molecule has 1 aliphatic rings. The van der Waals surface area contributed by atoms with E-state index in [1.807, 2.05) is 0 Å². The lowest BCUT2D eigenvalue weighted by molar-refractivity contribution is -0.119. The van der Waals surface area contributed by atoms with E-state index in [0.29, 0.717) is 12.4 Å². The van der Waals surface area contributed by atoms with Crippen LogP contribution >= 0.6 is 11.8 Å². The minimum atomic E-state index is 0.116. The van der Waals surface area contributed by atoms with Crippen LogP contribution in [0.1, 0.15) is 23.1 Å². The minimum absolute atomic E-state index is 0.116. The van der Waals surface area contributed by atoms with E-state index in [-0.39, 0.29) is 11.9 Å². The Bertz CT molecular complexity index is 422. The second kappa shape index (κ2) is 6.96. The SMILES string of the molecule is Cc1cc(C)cc(CSCC(=O)NC2CCOC2)c1. The Hall–Kier alpha value is -1.00. The number of carbonyl (C=O) groups is 1. The highest BCUT2D eigenvalue weighted by Crippen LogP contribution is 2.16. The van der Waals surface area contributed by atoms with Crippen molar-refractivity contribution in [1.82, 2.24) is 5.32 Å². The molecule has 1 aromatic carbocycles. The van der Waals surface area contributed by atoms with Gasteiger partial charge < -0.3 is 10.1 Å². The minimum Gasteiger partial charge on any atom is -0.379 e. The number of aryl methyl sites for hydroxylation is 2. The second-order valence-electron chi connectivity index (χ2n) is 5.12. The van der Waals surface area contributed by atoms with Gasteiger partial charge in [-0.1, -0.05) is 29.3 Å². The summed E-state index contributed by atoms with van der Waals surface area (Å²) in [6.45, 7) is 5.63. The molecule has 104 valence electrons. The zero-order valence-corrected chi connectivity index (χ0v) is 12.4. The Morgan fingerprint density at radius 2 is 2.11 bits per heavy atom. The third-order valence-electron chi connectivity index (χ3n) is 3.08. The number of amides is 1.